The van der Waals surface area contributed by atoms with Crippen LogP contribution in [-0.4, -0.2) is 48.8 Å². The molecule has 1 saturated carbocycles. The highest BCUT2D eigenvalue weighted by Crippen LogP contribution is 2.26. The molecule has 0 atom stereocenters. The van der Waals surface area contributed by atoms with Crippen molar-refractivity contribution < 1.29 is 14.4 Å². The monoisotopic (exact) mass is 419 g/mol. The molecule has 0 radical (unpaired) electrons. The Hall–Kier alpha value is -1.89. The zero-order chi connectivity index (χ0) is 20.5. The number of thiophene rings is 1. The molecular weight excluding hydrogens is 386 g/mol. The Morgan fingerprint density at radius 1 is 1.03 bits per heavy atom. The van der Waals surface area contributed by atoms with E-state index >= 15 is 0 Å². The molecule has 7 heteroatoms. The average Bonchev–Trinajstić information content (AvgIpc) is 3.26. The lowest BCUT2D eigenvalue weighted by Crippen LogP contribution is -2.46. The van der Waals surface area contributed by atoms with Crippen molar-refractivity contribution in [2.24, 2.45) is 11.8 Å². The van der Waals surface area contributed by atoms with Crippen LogP contribution >= 0.6 is 11.3 Å². The molecular formula is C22H33N3O3S. The van der Waals surface area contributed by atoms with E-state index in [9.17, 15) is 14.4 Å². The Balaban J connectivity index is 1.29. The van der Waals surface area contributed by atoms with Crippen LogP contribution < -0.4 is 10.6 Å². The third-order valence-electron chi connectivity index (χ3n) is 6.10. The largest absolute Gasteiger partial charge is 0.355 e. The molecule has 6 nitrogen and oxygen atoms in total. The molecule has 1 aliphatic carbocycles. The van der Waals surface area contributed by atoms with Gasteiger partial charge in [0.25, 0.3) is 0 Å². The maximum absolute atomic E-state index is 12.4. The van der Waals surface area contributed by atoms with Gasteiger partial charge in [-0.15, -0.1) is 11.3 Å². The van der Waals surface area contributed by atoms with Crippen LogP contribution in [0.4, 0.5) is 0 Å². The fourth-order valence-corrected chi connectivity index (χ4v) is 5.02. The minimum Gasteiger partial charge on any atom is -0.355 e. The Labute approximate surface area is 177 Å². The average molecular weight is 420 g/mol. The molecule has 1 aromatic rings. The fourth-order valence-electron chi connectivity index (χ4n) is 4.31. The highest BCUT2D eigenvalue weighted by molar-refractivity contribution is 7.09. The van der Waals surface area contributed by atoms with E-state index < -0.39 is 0 Å². The van der Waals surface area contributed by atoms with Crippen molar-refractivity contribution in [1.29, 1.82) is 0 Å². The summed E-state index contributed by atoms with van der Waals surface area (Å²) in [4.78, 5) is 39.9. The van der Waals surface area contributed by atoms with Gasteiger partial charge in [-0.1, -0.05) is 25.3 Å². The molecule has 0 aromatic carbocycles. The number of nitrogens with one attached hydrogen (secondary N) is 2. The molecule has 2 aliphatic rings. The third kappa shape index (κ3) is 7.14. The van der Waals surface area contributed by atoms with E-state index in [1.165, 1.54) is 24.1 Å². The normalized spacial score (nSPS) is 18.4. The lowest BCUT2D eigenvalue weighted by molar-refractivity contribution is -0.136. The number of likely N-dealkylation sites (tertiary alicyclic amines) is 1. The number of piperidine rings is 1. The van der Waals surface area contributed by atoms with Crippen molar-refractivity contribution >= 4 is 29.1 Å². The van der Waals surface area contributed by atoms with Crippen LogP contribution in [0, 0.1) is 11.8 Å². The molecule has 0 unspecified atom stereocenters. The van der Waals surface area contributed by atoms with Crippen molar-refractivity contribution in [3.63, 3.8) is 0 Å². The topological polar surface area (TPSA) is 78.5 Å². The van der Waals surface area contributed by atoms with Crippen molar-refractivity contribution in [3.8, 4) is 0 Å². The van der Waals surface area contributed by atoms with Gasteiger partial charge in [-0.05, 0) is 49.5 Å². The second-order valence-corrected chi connectivity index (χ2v) is 9.29. The second-order valence-electron chi connectivity index (χ2n) is 8.26. The van der Waals surface area contributed by atoms with Crippen LogP contribution in [-0.2, 0) is 20.8 Å². The summed E-state index contributed by atoms with van der Waals surface area (Å²) >= 11 is 1.70. The van der Waals surface area contributed by atoms with Gasteiger partial charge in [0.1, 0.15) is 0 Å². The van der Waals surface area contributed by atoms with Crippen LogP contribution in [0.25, 0.3) is 0 Å². The third-order valence-corrected chi connectivity index (χ3v) is 7.04. The van der Waals surface area contributed by atoms with E-state index in [0.29, 0.717) is 44.8 Å². The number of rotatable bonds is 8. The van der Waals surface area contributed by atoms with Gasteiger partial charge in [-0.3, -0.25) is 14.4 Å². The number of hydrogen-bond acceptors (Lipinski definition) is 4. The lowest BCUT2D eigenvalue weighted by Gasteiger charge is -2.31. The molecule has 2 fully saturated rings. The van der Waals surface area contributed by atoms with E-state index in [1.807, 2.05) is 11.4 Å². The zero-order valence-electron chi connectivity index (χ0n) is 17.2. The van der Waals surface area contributed by atoms with E-state index in [4.69, 9.17) is 0 Å². The van der Waals surface area contributed by atoms with Crippen LogP contribution in [0.2, 0.25) is 0 Å². The molecule has 2 heterocycles. The van der Waals surface area contributed by atoms with Crippen LogP contribution in [0.1, 0.15) is 56.2 Å². The van der Waals surface area contributed by atoms with Gasteiger partial charge in [0.2, 0.25) is 17.7 Å². The van der Waals surface area contributed by atoms with E-state index in [-0.39, 0.29) is 30.2 Å². The summed E-state index contributed by atoms with van der Waals surface area (Å²) in [5.74, 6) is 0.495. The first-order valence-electron chi connectivity index (χ1n) is 11.0. The van der Waals surface area contributed by atoms with Crippen molar-refractivity contribution in [1.82, 2.24) is 15.5 Å². The first-order valence-corrected chi connectivity index (χ1v) is 11.8. The van der Waals surface area contributed by atoms with Gasteiger partial charge >= 0.3 is 0 Å². The highest BCUT2D eigenvalue weighted by Gasteiger charge is 2.27. The Kier molecular flexibility index (Phi) is 8.52. The minimum absolute atomic E-state index is 0.00902. The molecule has 2 N–H and O–H groups in total. The highest BCUT2D eigenvalue weighted by atomic mass is 32.1. The molecule has 29 heavy (non-hydrogen) atoms. The number of amides is 3. The number of carbonyl (C=O) groups excluding carboxylic acids is 3. The van der Waals surface area contributed by atoms with Crippen molar-refractivity contribution in [2.75, 3.05) is 26.2 Å². The van der Waals surface area contributed by atoms with Gasteiger partial charge < -0.3 is 15.5 Å². The molecule has 160 valence electrons. The Bertz CT molecular complexity index is 663. The number of nitrogens with zero attached hydrogens (tertiary/aromatic N) is 1. The predicted molar refractivity (Wildman–Crippen MR) is 115 cm³/mol. The maximum Gasteiger partial charge on any atom is 0.241 e. The van der Waals surface area contributed by atoms with Gasteiger partial charge in [-0.25, -0.2) is 0 Å². The molecule has 1 saturated heterocycles. The molecule has 3 amide bonds. The molecule has 1 aromatic heterocycles. The Morgan fingerprint density at radius 2 is 1.79 bits per heavy atom. The van der Waals surface area contributed by atoms with Gasteiger partial charge in [0.15, 0.2) is 0 Å². The van der Waals surface area contributed by atoms with Crippen LogP contribution in [0.15, 0.2) is 17.5 Å². The summed E-state index contributed by atoms with van der Waals surface area (Å²) < 4.78 is 0. The first kappa shape index (κ1) is 21.8. The second kappa shape index (κ2) is 11.3. The van der Waals surface area contributed by atoms with Gasteiger partial charge in [0.05, 0.1) is 6.54 Å². The van der Waals surface area contributed by atoms with E-state index in [0.717, 1.165) is 19.3 Å². The SMILES string of the molecule is O=C(CC1CCCCC1)NCC(=O)N1CCC(C(=O)NCCc2cccs2)CC1. The summed E-state index contributed by atoms with van der Waals surface area (Å²) in [7, 11) is 0. The number of hydrogen-bond donors (Lipinski definition) is 2. The predicted octanol–water partition coefficient (Wildman–Crippen LogP) is 2.73. The standard InChI is InChI=1S/C22H33N3O3S/c26-20(15-17-5-2-1-3-6-17)24-16-21(27)25-12-9-18(10-13-25)22(28)23-11-8-19-7-4-14-29-19/h4,7,14,17-18H,1-3,5-6,8-13,15-16H2,(H,23,28)(H,24,26). The smallest absolute Gasteiger partial charge is 0.241 e. The van der Waals surface area contributed by atoms with Crippen LogP contribution in [0.3, 0.4) is 0 Å². The van der Waals surface area contributed by atoms with Gasteiger partial charge in [0, 0.05) is 36.9 Å². The summed E-state index contributed by atoms with van der Waals surface area (Å²) in [6.07, 6.45) is 8.75. The minimum atomic E-state index is -0.0430. The van der Waals surface area contributed by atoms with Crippen molar-refractivity contribution in [3.05, 3.63) is 22.4 Å². The maximum atomic E-state index is 12.4. The first-order chi connectivity index (χ1) is 14.1. The lowest BCUT2D eigenvalue weighted by atomic mass is 9.87. The summed E-state index contributed by atoms with van der Waals surface area (Å²) in [6.45, 7) is 1.90. The fraction of sp³-hybridized carbons (Fsp3) is 0.682. The van der Waals surface area contributed by atoms with E-state index in [1.54, 1.807) is 16.2 Å². The quantitative estimate of drug-likeness (QED) is 0.680. The van der Waals surface area contributed by atoms with Gasteiger partial charge in [-0.2, -0.15) is 0 Å². The number of carbonyl (C=O) groups is 3. The zero-order valence-corrected chi connectivity index (χ0v) is 18.0. The molecule has 0 spiro atoms. The summed E-state index contributed by atoms with van der Waals surface area (Å²) in [5.41, 5.74) is 0. The van der Waals surface area contributed by atoms with Crippen molar-refractivity contribution in [2.45, 2.75) is 57.8 Å². The summed E-state index contributed by atoms with van der Waals surface area (Å²) in [6, 6.07) is 4.10. The van der Waals surface area contributed by atoms with Crippen LogP contribution in [0.5, 0.6) is 0 Å². The van der Waals surface area contributed by atoms with E-state index in [2.05, 4.69) is 16.7 Å². The summed E-state index contributed by atoms with van der Waals surface area (Å²) in [5, 5.41) is 7.86. The molecule has 0 bridgehead atoms. The molecule has 1 aliphatic heterocycles. The Morgan fingerprint density at radius 3 is 2.48 bits per heavy atom. The molecule has 3 rings (SSSR count).